The largest absolute Gasteiger partial charge is 0.341 e. The topological polar surface area (TPSA) is 61.4 Å². The van der Waals surface area contributed by atoms with E-state index in [1.54, 1.807) is 0 Å². The predicted octanol–water partition coefficient (Wildman–Crippen LogP) is 3.24. The molecule has 0 radical (unpaired) electrons. The first-order valence-electron chi connectivity index (χ1n) is 10.1. The van der Waals surface area contributed by atoms with Gasteiger partial charge in [-0.15, -0.1) is 0 Å². The Balaban J connectivity index is 1.63. The minimum absolute atomic E-state index is 0.0485. The van der Waals surface area contributed by atoms with Crippen LogP contribution in [-0.4, -0.2) is 42.0 Å². The normalized spacial score (nSPS) is 19.6. The van der Waals surface area contributed by atoms with E-state index in [9.17, 15) is 9.59 Å². The third-order valence-corrected chi connectivity index (χ3v) is 5.49. The Bertz CT molecular complexity index is 578. The number of nitrogens with zero attached hydrogens (tertiary/aromatic N) is 1. The molecule has 142 valence electrons. The highest BCUT2D eigenvalue weighted by atomic mass is 16.2. The third-order valence-electron chi connectivity index (χ3n) is 5.49. The van der Waals surface area contributed by atoms with Gasteiger partial charge in [-0.1, -0.05) is 49.6 Å². The molecular formula is C21H31N3O2. The maximum absolute atomic E-state index is 13.0. The van der Waals surface area contributed by atoms with Gasteiger partial charge in [0.1, 0.15) is 6.04 Å². The number of hydrogen-bond donors (Lipinski definition) is 2. The van der Waals surface area contributed by atoms with Crippen molar-refractivity contribution in [2.45, 2.75) is 69.9 Å². The van der Waals surface area contributed by atoms with E-state index in [1.165, 1.54) is 25.7 Å². The van der Waals surface area contributed by atoms with Crippen molar-refractivity contribution in [3.8, 4) is 0 Å². The molecule has 1 saturated carbocycles. The Labute approximate surface area is 156 Å². The molecule has 5 heteroatoms. The van der Waals surface area contributed by atoms with Crippen LogP contribution < -0.4 is 10.6 Å². The van der Waals surface area contributed by atoms with Crippen LogP contribution in [0.2, 0.25) is 0 Å². The first kappa shape index (κ1) is 18.7. The van der Waals surface area contributed by atoms with Crippen LogP contribution in [-0.2, 0) is 11.2 Å². The second-order valence-electron chi connectivity index (χ2n) is 7.58. The van der Waals surface area contributed by atoms with E-state index in [1.807, 2.05) is 35.2 Å². The zero-order valence-electron chi connectivity index (χ0n) is 15.6. The fourth-order valence-electron chi connectivity index (χ4n) is 4.02. The fraction of sp³-hybridized carbons (Fsp3) is 0.619. The Kier molecular flexibility index (Phi) is 6.92. The lowest BCUT2D eigenvalue weighted by Gasteiger charge is -2.31. The monoisotopic (exact) mass is 357 g/mol. The van der Waals surface area contributed by atoms with Crippen molar-refractivity contribution in [2.75, 3.05) is 13.1 Å². The standard InChI is InChI=1S/C21H31N3O2/c25-20(24-14-8-3-9-15-24)19(16-17-10-4-1-5-11-17)23-21(26)22-18-12-6-2-7-13-18/h1,4-5,10-11,18-19H,2-3,6-9,12-16H2,(H2,22,23,26)/t19-/m1/s1. The van der Waals surface area contributed by atoms with Crippen molar-refractivity contribution in [3.63, 3.8) is 0 Å². The van der Waals surface area contributed by atoms with Crippen LogP contribution in [0.5, 0.6) is 0 Å². The van der Waals surface area contributed by atoms with E-state index in [0.29, 0.717) is 6.42 Å². The van der Waals surface area contributed by atoms with E-state index in [2.05, 4.69) is 10.6 Å². The van der Waals surface area contributed by atoms with Crippen LogP contribution in [0.3, 0.4) is 0 Å². The van der Waals surface area contributed by atoms with Crippen molar-refractivity contribution in [1.82, 2.24) is 15.5 Å². The van der Waals surface area contributed by atoms with E-state index >= 15 is 0 Å². The van der Waals surface area contributed by atoms with Crippen molar-refractivity contribution in [3.05, 3.63) is 35.9 Å². The smallest absolute Gasteiger partial charge is 0.315 e. The molecule has 3 rings (SSSR count). The lowest BCUT2D eigenvalue weighted by molar-refractivity contribution is -0.134. The summed E-state index contributed by atoms with van der Waals surface area (Å²) in [4.78, 5) is 27.4. The Morgan fingerprint density at radius 3 is 2.31 bits per heavy atom. The molecule has 5 nitrogen and oxygen atoms in total. The molecule has 1 heterocycles. The summed E-state index contributed by atoms with van der Waals surface area (Å²) >= 11 is 0. The summed E-state index contributed by atoms with van der Waals surface area (Å²) in [7, 11) is 0. The molecule has 1 aliphatic heterocycles. The number of rotatable bonds is 5. The molecule has 1 aromatic carbocycles. The molecule has 1 atom stereocenters. The van der Waals surface area contributed by atoms with Crippen LogP contribution in [0, 0.1) is 0 Å². The van der Waals surface area contributed by atoms with Crippen LogP contribution in [0.25, 0.3) is 0 Å². The van der Waals surface area contributed by atoms with E-state index < -0.39 is 6.04 Å². The average molecular weight is 357 g/mol. The number of urea groups is 1. The van der Waals surface area contributed by atoms with Crippen molar-refractivity contribution in [1.29, 1.82) is 0 Å². The summed E-state index contributed by atoms with van der Waals surface area (Å²) in [6.07, 6.45) is 9.50. The highest BCUT2D eigenvalue weighted by Crippen LogP contribution is 2.17. The molecule has 26 heavy (non-hydrogen) atoms. The number of amides is 3. The summed E-state index contributed by atoms with van der Waals surface area (Å²) < 4.78 is 0. The molecule has 1 saturated heterocycles. The second kappa shape index (κ2) is 9.60. The van der Waals surface area contributed by atoms with Crippen molar-refractivity contribution >= 4 is 11.9 Å². The fourth-order valence-corrected chi connectivity index (χ4v) is 4.02. The number of nitrogens with one attached hydrogen (secondary N) is 2. The zero-order chi connectivity index (χ0) is 18.2. The van der Waals surface area contributed by atoms with Gasteiger partial charge in [0.2, 0.25) is 5.91 Å². The maximum Gasteiger partial charge on any atom is 0.315 e. The lowest BCUT2D eigenvalue weighted by atomic mass is 9.96. The predicted molar refractivity (Wildman–Crippen MR) is 103 cm³/mol. The van der Waals surface area contributed by atoms with E-state index in [4.69, 9.17) is 0 Å². The van der Waals surface area contributed by atoms with Gasteiger partial charge in [0.15, 0.2) is 0 Å². The number of benzene rings is 1. The zero-order valence-corrected chi connectivity index (χ0v) is 15.6. The molecule has 0 spiro atoms. The molecule has 2 aliphatic rings. The number of piperidine rings is 1. The minimum atomic E-state index is -0.501. The summed E-state index contributed by atoms with van der Waals surface area (Å²) in [6, 6.07) is 9.47. The third kappa shape index (κ3) is 5.48. The number of carbonyl (C=O) groups is 2. The molecule has 1 aromatic rings. The van der Waals surface area contributed by atoms with Gasteiger partial charge in [-0.2, -0.15) is 0 Å². The highest BCUT2D eigenvalue weighted by molar-refractivity contribution is 5.87. The molecule has 1 aliphatic carbocycles. The van der Waals surface area contributed by atoms with Gasteiger partial charge in [-0.25, -0.2) is 4.79 Å². The van der Waals surface area contributed by atoms with E-state index in [-0.39, 0.29) is 18.0 Å². The molecule has 2 N–H and O–H groups in total. The van der Waals surface area contributed by atoms with Crippen LogP contribution >= 0.6 is 0 Å². The number of carbonyl (C=O) groups excluding carboxylic acids is 2. The second-order valence-corrected chi connectivity index (χ2v) is 7.58. The van der Waals surface area contributed by atoms with Crippen molar-refractivity contribution in [2.24, 2.45) is 0 Å². The lowest BCUT2D eigenvalue weighted by Crippen LogP contribution is -2.54. The van der Waals surface area contributed by atoms with Gasteiger partial charge in [0.25, 0.3) is 0 Å². The first-order chi connectivity index (χ1) is 12.7. The van der Waals surface area contributed by atoms with Gasteiger partial charge >= 0.3 is 6.03 Å². The SMILES string of the molecule is O=C(NC1CCCCC1)N[C@H](Cc1ccccc1)C(=O)N1CCCCC1. The minimum Gasteiger partial charge on any atom is -0.341 e. The van der Waals surface area contributed by atoms with Gasteiger partial charge in [0.05, 0.1) is 0 Å². The summed E-state index contributed by atoms with van der Waals surface area (Å²) in [5.41, 5.74) is 1.07. The Hall–Kier alpha value is -2.04. The molecule has 0 bridgehead atoms. The Morgan fingerprint density at radius 1 is 0.962 bits per heavy atom. The van der Waals surface area contributed by atoms with Crippen LogP contribution in [0.1, 0.15) is 56.9 Å². The highest BCUT2D eigenvalue weighted by Gasteiger charge is 2.28. The maximum atomic E-state index is 13.0. The first-order valence-corrected chi connectivity index (χ1v) is 10.1. The molecule has 0 unspecified atom stereocenters. The number of hydrogen-bond acceptors (Lipinski definition) is 2. The van der Waals surface area contributed by atoms with Crippen LogP contribution in [0.4, 0.5) is 4.79 Å². The average Bonchev–Trinajstić information content (AvgIpc) is 2.69. The van der Waals surface area contributed by atoms with E-state index in [0.717, 1.165) is 44.3 Å². The number of likely N-dealkylation sites (tertiary alicyclic amines) is 1. The Morgan fingerprint density at radius 2 is 1.62 bits per heavy atom. The van der Waals surface area contributed by atoms with Crippen LogP contribution in [0.15, 0.2) is 30.3 Å². The summed E-state index contributed by atoms with van der Waals surface area (Å²) in [6.45, 7) is 1.60. The quantitative estimate of drug-likeness (QED) is 0.850. The summed E-state index contributed by atoms with van der Waals surface area (Å²) in [5.74, 6) is 0.0485. The molecule has 0 aromatic heterocycles. The van der Waals surface area contributed by atoms with Gasteiger partial charge < -0.3 is 15.5 Å². The van der Waals surface area contributed by atoms with Gasteiger partial charge in [0, 0.05) is 25.6 Å². The molecule has 3 amide bonds. The van der Waals surface area contributed by atoms with Crippen molar-refractivity contribution < 1.29 is 9.59 Å². The molecular weight excluding hydrogens is 326 g/mol. The summed E-state index contributed by atoms with van der Waals surface area (Å²) in [5, 5.41) is 6.04. The van der Waals surface area contributed by atoms with Gasteiger partial charge in [-0.3, -0.25) is 4.79 Å². The van der Waals surface area contributed by atoms with Gasteiger partial charge in [-0.05, 0) is 37.7 Å². The molecule has 2 fully saturated rings.